The summed E-state index contributed by atoms with van der Waals surface area (Å²) in [6, 6.07) is 0.395. The summed E-state index contributed by atoms with van der Waals surface area (Å²) in [4.78, 5) is 16.0. The first-order chi connectivity index (χ1) is 7.83. The molecule has 0 atom stereocenters. The van der Waals surface area contributed by atoms with Gasteiger partial charge in [0.2, 0.25) is 0 Å². The van der Waals surface area contributed by atoms with Crippen LogP contribution in [0.5, 0.6) is 0 Å². The fourth-order valence-electron chi connectivity index (χ4n) is 1.55. The van der Waals surface area contributed by atoms with Gasteiger partial charge in [-0.15, -0.1) is 11.8 Å². The van der Waals surface area contributed by atoms with Crippen molar-refractivity contribution < 1.29 is 0 Å². The van der Waals surface area contributed by atoms with Gasteiger partial charge in [-0.05, 0) is 19.8 Å². The van der Waals surface area contributed by atoms with E-state index in [0.717, 1.165) is 19.3 Å². The van der Waals surface area contributed by atoms with E-state index in [-0.39, 0.29) is 5.56 Å². The molecule has 0 saturated heterocycles. The minimum absolute atomic E-state index is 0.0190. The van der Waals surface area contributed by atoms with Crippen molar-refractivity contribution in [2.45, 2.75) is 32.2 Å². The molecular weight excluding hydrogens is 202 g/mol. The van der Waals surface area contributed by atoms with Crippen molar-refractivity contribution in [2.75, 3.05) is 11.9 Å². The third-order valence-corrected chi connectivity index (χ3v) is 2.53. The van der Waals surface area contributed by atoms with E-state index < -0.39 is 0 Å². The van der Waals surface area contributed by atoms with Gasteiger partial charge in [-0.1, -0.05) is 0 Å². The molecule has 1 saturated carbocycles. The number of rotatable bonds is 4. The number of hydrogen-bond acceptors (Lipinski definition) is 3. The molecule has 1 aliphatic rings. The van der Waals surface area contributed by atoms with Gasteiger partial charge in [-0.25, -0.2) is 4.98 Å². The van der Waals surface area contributed by atoms with Crippen LogP contribution < -0.4 is 10.9 Å². The topological polar surface area (TPSA) is 46.9 Å². The summed E-state index contributed by atoms with van der Waals surface area (Å²) in [6.07, 6.45) is 6.37. The first kappa shape index (κ1) is 10.7. The Morgan fingerprint density at radius 3 is 3.12 bits per heavy atom. The lowest BCUT2D eigenvalue weighted by atomic mass is 10.4. The SMILES string of the molecule is CC#CCCNc1nccn(C2CC2)c1=O. The van der Waals surface area contributed by atoms with Crippen LogP contribution in [0.1, 0.15) is 32.2 Å². The third-order valence-electron chi connectivity index (χ3n) is 2.53. The van der Waals surface area contributed by atoms with Crippen LogP contribution in [-0.4, -0.2) is 16.1 Å². The smallest absolute Gasteiger partial charge is 0.293 e. The van der Waals surface area contributed by atoms with Crippen LogP contribution in [0.25, 0.3) is 0 Å². The van der Waals surface area contributed by atoms with Gasteiger partial charge in [0.25, 0.3) is 5.56 Å². The zero-order valence-electron chi connectivity index (χ0n) is 9.36. The molecule has 2 rings (SSSR count). The molecule has 4 nitrogen and oxygen atoms in total. The average molecular weight is 217 g/mol. The zero-order chi connectivity index (χ0) is 11.4. The van der Waals surface area contributed by atoms with E-state index in [1.807, 2.05) is 0 Å². The average Bonchev–Trinajstić information content (AvgIpc) is 3.10. The van der Waals surface area contributed by atoms with Gasteiger partial charge in [0, 0.05) is 31.4 Å². The Morgan fingerprint density at radius 1 is 1.62 bits per heavy atom. The molecule has 1 fully saturated rings. The molecule has 1 aromatic heterocycles. The number of nitrogens with one attached hydrogen (secondary N) is 1. The fourth-order valence-corrected chi connectivity index (χ4v) is 1.55. The van der Waals surface area contributed by atoms with Crippen molar-refractivity contribution in [1.29, 1.82) is 0 Å². The maximum absolute atomic E-state index is 11.9. The molecule has 4 heteroatoms. The van der Waals surface area contributed by atoms with Crippen molar-refractivity contribution in [3.8, 4) is 11.8 Å². The summed E-state index contributed by atoms with van der Waals surface area (Å²) in [5.74, 6) is 6.19. The van der Waals surface area contributed by atoms with Crippen molar-refractivity contribution >= 4 is 5.82 Å². The van der Waals surface area contributed by atoms with Crippen molar-refractivity contribution in [3.63, 3.8) is 0 Å². The summed E-state index contributed by atoms with van der Waals surface area (Å²) in [5.41, 5.74) is -0.0190. The van der Waals surface area contributed by atoms with Gasteiger partial charge in [0.1, 0.15) is 0 Å². The second-order valence-electron chi connectivity index (χ2n) is 3.82. The molecule has 0 bridgehead atoms. The Morgan fingerprint density at radius 2 is 2.44 bits per heavy atom. The highest BCUT2D eigenvalue weighted by Crippen LogP contribution is 2.33. The van der Waals surface area contributed by atoms with E-state index in [9.17, 15) is 4.79 Å². The Labute approximate surface area is 94.7 Å². The predicted octanol–water partition coefficient (Wildman–Crippen LogP) is 1.40. The Balaban J connectivity index is 2.05. The molecule has 0 radical (unpaired) electrons. The van der Waals surface area contributed by atoms with Gasteiger partial charge in [-0.2, -0.15) is 0 Å². The first-order valence-corrected chi connectivity index (χ1v) is 5.53. The molecule has 0 spiro atoms. The molecule has 84 valence electrons. The van der Waals surface area contributed by atoms with Crippen LogP contribution in [0.2, 0.25) is 0 Å². The second kappa shape index (κ2) is 4.84. The Kier molecular flexibility index (Phi) is 3.25. The Hall–Kier alpha value is -1.76. The molecule has 1 aliphatic carbocycles. The molecule has 1 heterocycles. The van der Waals surface area contributed by atoms with Gasteiger partial charge in [0.15, 0.2) is 5.82 Å². The molecule has 1 N–H and O–H groups in total. The largest absolute Gasteiger partial charge is 0.365 e. The summed E-state index contributed by atoms with van der Waals surface area (Å²) >= 11 is 0. The second-order valence-corrected chi connectivity index (χ2v) is 3.82. The number of hydrogen-bond donors (Lipinski definition) is 1. The summed E-state index contributed by atoms with van der Waals surface area (Å²) < 4.78 is 1.76. The van der Waals surface area contributed by atoms with E-state index in [4.69, 9.17) is 0 Å². The maximum Gasteiger partial charge on any atom is 0.293 e. The van der Waals surface area contributed by atoms with Crippen LogP contribution in [0, 0.1) is 11.8 Å². The highest BCUT2D eigenvalue weighted by molar-refractivity contribution is 5.31. The van der Waals surface area contributed by atoms with Crippen LogP contribution in [-0.2, 0) is 0 Å². The predicted molar refractivity (Wildman–Crippen MR) is 63.3 cm³/mol. The standard InChI is InChI=1S/C12H15N3O/c1-2-3-4-7-13-11-12(16)15(9-8-14-11)10-5-6-10/h8-10H,4-7H2,1H3,(H,13,14). The number of anilines is 1. The molecule has 16 heavy (non-hydrogen) atoms. The Bertz CT molecular complexity index is 477. The number of aromatic nitrogens is 2. The molecule has 0 amide bonds. The van der Waals surface area contributed by atoms with Crippen LogP contribution >= 0.6 is 0 Å². The van der Waals surface area contributed by atoms with Gasteiger partial charge in [0.05, 0.1) is 0 Å². The van der Waals surface area contributed by atoms with E-state index >= 15 is 0 Å². The van der Waals surface area contributed by atoms with E-state index in [1.54, 1.807) is 23.9 Å². The minimum atomic E-state index is -0.0190. The third kappa shape index (κ3) is 2.43. The van der Waals surface area contributed by atoms with Crippen molar-refractivity contribution in [1.82, 2.24) is 9.55 Å². The lowest BCUT2D eigenvalue weighted by Gasteiger charge is -2.06. The first-order valence-electron chi connectivity index (χ1n) is 5.53. The fraction of sp³-hybridized carbons (Fsp3) is 0.500. The van der Waals surface area contributed by atoms with Crippen molar-refractivity contribution in [2.24, 2.45) is 0 Å². The van der Waals surface area contributed by atoms with Crippen LogP contribution in [0.15, 0.2) is 17.2 Å². The lowest BCUT2D eigenvalue weighted by Crippen LogP contribution is -2.23. The highest BCUT2D eigenvalue weighted by atomic mass is 16.1. The molecule has 1 aromatic rings. The summed E-state index contributed by atoms with van der Waals surface area (Å²) in [6.45, 7) is 2.47. The lowest BCUT2D eigenvalue weighted by molar-refractivity contribution is 0.699. The zero-order valence-corrected chi connectivity index (χ0v) is 9.36. The highest BCUT2D eigenvalue weighted by Gasteiger charge is 2.25. The molecule has 0 unspecified atom stereocenters. The molecule has 0 aromatic carbocycles. The maximum atomic E-state index is 11.9. The summed E-state index contributed by atoms with van der Waals surface area (Å²) in [5, 5.41) is 3.02. The van der Waals surface area contributed by atoms with Crippen LogP contribution in [0.3, 0.4) is 0 Å². The monoisotopic (exact) mass is 217 g/mol. The quantitative estimate of drug-likeness (QED) is 0.612. The molecule has 0 aliphatic heterocycles. The number of nitrogens with zero attached hydrogens (tertiary/aromatic N) is 2. The van der Waals surface area contributed by atoms with Gasteiger partial charge < -0.3 is 9.88 Å². The van der Waals surface area contributed by atoms with Gasteiger partial charge in [-0.3, -0.25) is 4.79 Å². The van der Waals surface area contributed by atoms with Crippen LogP contribution in [0.4, 0.5) is 5.82 Å². The van der Waals surface area contributed by atoms with E-state index in [1.165, 1.54) is 0 Å². The minimum Gasteiger partial charge on any atom is -0.365 e. The van der Waals surface area contributed by atoms with E-state index in [2.05, 4.69) is 22.1 Å². The van der Waals surface area contributed by atoms with E-state index in [0.29, 0.717) is 18.4 Å². The molecular formula is C12H15N3O. The summed E-state index contributed by atoms with van der Waals surface area (Å²) in [7, 11) is 0. The van der Waals surface area contributed by atoms with Crippen molar-refractivity contribution in [3.05, 3.63) is 22.7 Å². The van der Waals surface area contributed by atoms with Gasteiger partial charge >= 0.3 is 0 Å². The normalized spacial score (nSPS) is 14.1.